The first kappa shape index (κ1) is 23.8. The number of carbonyl (C=O) groups is 1. The lowest BCUT2D eigenvalue weighted by Gasteiger charge is -2.22. The Balaban J connectivity index is 0.00000364. The molecule has 0 fully saturated rings. The van der Waals surface area contributed by atoms with Crippen LogP contribution in [-0.4, -0.2) is 61.7 Å². The lowest BCUT2D eigenvalue weighted by Crippen LogP contribution is -2.40. The van der Waals surface area contributed by atoms with Gasteiger partial charge in [0.1, 0.15) is 6.54 Å². The molecule has 0 saturated carbocycles. The third kappa shape index (κ3) is 8.98. The highest BCUT2D eigenvalue weighted by atomic mass is 127. The summed E-state index contributed by atoms with van der Waals surface area (Å²) >= 11 is 3.48. The minimum atomic E-state index is -0.00751. The number of rotatable bonds is 8. The molecule has 0 aliphatic rings. The highest BCUT2D eigenvalue weighted by molar-refractivity contribution is 14.0. The van der Waals surface area contributed by atoms with Crippen molar-refractivity contribution in [3.63, 3.8) is 0 Å². The minimum Gasteiger partial charge on any atom is -0.355 e. The third-order valence-corrected chi connectivity index (χ3v) is 5.37. The van der Waals surface area contributed by atoms with Crippen LogP contribution in [0.2, 0.25) is 0 Å². The molecule has 0 aliphatic carbocycles. The zero-order valence-corrected chi connectivity index (χ0v) is 19.9. The van der Waals surface area contributed by atoms with E-state index in [1.165, 1.54) is 10.5 Å². The van der Waals surface area contributed by atoms with Crippen LogP contribution < -0.4 is 5.32 Å². The molecule has 0 radical (unpaired) electrons. The van der Waals surface area contributed by atoms with Gasteiger partial charge in [-0.05, 0) is 34.5 Å². The molecule has 0 aliphatic heterocycles. The van der Waals surface area contributed by atoms with E-state index in [4.69, 9.17) is 0 Å². The van der Waals surface area contributed by atoms with Crippen LogP contribution in [0.25, 0.3) is 0 Å². The first-order chi connectivity index (χ1) is 12.6. The fourth-order valence-electron chi connectivity index (χ4n) is 2.18. The van der Waals surface area contributed by atoms with E-state index in [0.29, 0.717) is 0 Å². The number of likely N-dealkylation sites (N-methyl/N-ethyl adjacent to an activating group) is 1. The molecule has 2 aromatic rings. The summed E-state index contributed by atoms with van der Waals surface area (Å²) in [6.07, 6.45) is 0. The Morgan fingerprint density at radius 2 is 1.93 bits per heavy atom. The Labute approximate surface area is 187 Å². The standard InChI is InChI=1S/C19H26N4OS2.HI/c1-22(2)18(24)13-21-19(23(3)14-16-9-11-25-15-16)20-10-12-26-17-7-5-4-6-8-17;/h4-9,11,15H,10,12-14H2,1-3H3,(H,20,21);1H. The fourth-order valence-corrected chi connectivity index (χ4v) is 3.62. The maximum Gasteiger partial charge on any atom is 0.243 e. The minimum absolute atomic E-state index is 0. The summed E-state index contributed by atoms with van der Waals surface area (Å²) in [7, 11) is 5.49. The van der Waals surface area contributed by atoms with E-state index in [1.807, 2.05) is 25.2 Å². The molecule has 1 aromatic heterocycles. The molecule has 1 amide bonds. The average Bonchev–Trinajstić information content (AvgIpc) is 3.14. The first-order valence-electron chi connectivity index (χ1n) is 8.45. The Morgan fingerprint density at radius 3 is 2.56 bits per heavy atom. The van der Waals surface area contributed by atoms with Crippen molar-refractivity contribution in [2.45, 2.75) is 11.4 Å². The smallest absolute Gasteiger partial charge is 0.243 e. The van der Waals surface area contributed by atoms with Crippen molar-refractivity contribution in [3.8, 4) is 0 Å². The zero-order valence-electron chi connectivity index (χ0n) is 15.9. The van der Waals surface area contributed by atoms with E-state index in [1.54, 1.807) is 42.1 Å². The largest absolute Gasteiger partial charge is 0.355 e. The summed E-state index contributed by atoms with van der Waals surface area (Å²) in [4.78, 5) is 21.2. The number of thiophene rings is 1. The predicted molar refractivity (Wildman–Crippen MR) is 127 cm³/mol. The number of hydrogen-bond acceptors (Lipinski definition) is 4. The maximum absolute atomic E-state index is 11.9. The van der Waals surface area contributed by atoms with Crippen molar-refractivity contribution in [1.29, 1.82) is 0 Å². The molecule has 0 unspecified atom stereocenters. The van der Waals surface area contributed by atoms with E-state index in [-0.39, 0.29) is 36.4 Å². The van der Waals surface area contributed by atoms with Crippen molar-refractivity contribution >= 4 is 58.9 Å². The molecule has 1 N–H and O–H groups in total. The number of hydrogen-bond donors (Lipinski definition) is 1. The van der Waals surface area contributed by atoms with E-state index >= 15 is 0 Å². The second kappa shape index (κ2) is 13.0. The quantitative estimate of drug-likeness (QED) is 0.191. The number of nitrogens with one attached hydrogen (secondary N) is 1. The number of halogens is 1. The molecule has 148 valence electrons. The number of aliphatic imine (C=N–C) groups is 1. The van der Waals surface area contributed by atoms with Gasteiger partial charge in [0.05, 0.1) is 0 Å². The van der Waals surface area contributed by atoms with Crippen LogP contribution in [0, 0.1) is 0 Å². The van der Waals surface area contributed by atoms with E-state index in [0.717, 1.165) is 24.8 Å². The van der Waals surface area contributed by atoms with Crippen LogP contribution in [0.1, 0.15) is 5.56 Å². The molecule has 0 bridgehead atoms. The lowest BCUT2D eigenvalue weighted by molar-refractivity contribution is -0.127. The van der Waals surface area contributed by atoms with Crippen molar-refractivity contribution in [3.05, 3.63) is 52.7 Å². The van der Waals surface area contributed by atoms with Gasteiger partial charge in [-0.1, -0.05) is 18.2 Å². The molecule has 0 spiro atoms. The molecule has 2 rings (SSSR count). The Kier molecular flexibility index (Phi) is 11.5. The van der Waals surface area contributed by atoms with Gasteiger partial charge in [-0.25, -0.2) is 4.99 Å². The molecule has 0 saturated heterocycles. The van der Waals surface area contributed by atoms with Crippen molar-refractivity contribution < 1.29 is 4.79 Å². The molecule has 27 heavy (non-hydrogen) atoms. The molecule has 8 heteroatoms. The van der Waals surface area contributed by atoms with E-state index in [2.05, 4.69) is 44.2 Å². The summed E-state index contributed by atoms with van der Waals surface area (Å²) < 4.78 is 0. The molecule has 5 nitrogen and oxygen atoms in total. The number of nitrogens with zero attached hydrogens (tertiary/aromatic N) is 3. The van der Waals surface area contributed by atoms with Gasteiger partial charge >= 0.3 is 0 Å². The topological polar surface area (TPSA) is 47.9 Å². The van der Waals surface area contributed by atoms with Crippen LogP contribution in [0.3, 0.4) is 0 Å². The normalized spacial score (nSPS) is 10.9. The SMILES string of the molecule is CN(C)C(=O)CN=C(NCCSc1ccccc1)N(C)Cc1ccsc1.I. The third-order valence-electron chi connectivity index (χ3n) is 3.62. The fraction of sp³-hybridized carbons (Fsp3) is 0.368. The zero-order chi connectivity index (χ0) is 18.8. The predicted octanol–water partition coefficient (Wildman–Crippen LogP) is 3.62. The van der Waals surface area contributed by atoms with Crippen LogP contribution in [0.4, 0.5) is 0 Å². The summed E-state index contributed by atoms with van der Waals surface area (Å²) in [6, 6.07) is 12.4. The van der Waals surface area contributed by atoms with Crippen molar-refractivity contribution in [1.82, 2.24) is 15.1 Å². The second-order valence-electron chi connectivity index (χ2n) is 6.00. The maximum atomic E-state index is 11.9. The summed E-state index contributed by atoms with van der Waals surface area (Å²) in [5.74, 6) is 1.67. The number of guanidine groups is 1. The van der Waals surface area contributed by atoms with Crippen molar-refractivity contribution in [2.24, 2.45) is 4.99 Å². The van der Waals surface area contributed by atoms with Gasteiger partial charge in [-0.15, -0.1) is 35.7 Å². The second-order valence-corrected chi connectivity index (χ2v) is 7.95. The Hall–Kier alpha value is -1.26. The molecular weight excluding hydrogens is 491 g/mol. The Morgan fingerprint density at radius 1 is 1.19 bits per heavy atom. The highest BCUT2D eigenvalue weighted by Gasteiger charge is 2.10. The van der Waals surface area contributed by atoms with Gasteiger partial charge in [0.25, 0.3) is 0 Å². The summed E-state index contributed by atoms with van der Waals surface area (Å²) in [5, 5.41) is 7.58. The first-order valence-corrected chi connectivity index (χ1v) is 10.4. The lowest BCUT2D eigenvalue weighted by atomic mass is 10.3. The number of thioether (sulfide) groups is 1. The molecular formula is C19H27IN4OS2. The number of carbonyl (C=O) groups excluding carboxylic acids is 1. The van der Waals surface area contributed by atoms with E-state index in [9.17, 15) is 4.79 Å². The Bertz CT molecular complexity index is 693. The summed E-state index contributed by atoms with van der Waals surface area (Å²) in [5.41, 5.74) is 1.24. The number of benzene rings is 1. The van der Waals surface area contributed by atoms with Crippen molar-refractivity contribution in [2.75, 3.05) is 40.0 Å². The highest BCUT2D eigenvalue weighted by Crippen LogP contribution is 2.15. The van der Waals surface area contributed by atoms with Gasteiger partial charge in [-0.3, -0.25) is 4.79 Å². The molecule has 1 aromatic carbocycles. The van der Waals surface area contributed by atoms with Crippen LogP contribution in [-0.2, 0) is 11.3 Å². The van der Waals surface area contributed by atoms with Gasteiger partial charge in [0.15, 0.2) is 5.96 Å². The molecule has 1 heterocycles. The van der Waals surface area contributed by atoms with Gasteiger partial charge in [0.2, 0.25) is 5.91 Å². The molecule has 0 atom stereocenters. The number of amides is 1. The monoisotopic (exact) mass is 518 g/mol. The van der Waals surface area contributed by atoms with Crippen LogP contribution in [0.15, 0.2) is 57.0 Å². The average molecular weight is 518 g/mol. The van der Waals surface area contributed by atoms with Gasteiger partial charge in [0, 0.05) is 44.9 Å². The van der Waals surface area contributed by atoms with Gasteiger partial charge in [-0.2, -0.15) is 11.3 Å². The van der Waals surface area contributed by atoms with Crippen LogP contribution >= 0.6 is 47.1 Å². The van der Waals surface area contributed by atoms with Gasteiger partial charge < -0.3 is 15.1 Å². The van der Waals surface area contributed by atoms with Crippen LogP contribution in [0.5, 0.6) is 0 Å². The van der Waals surface area contributed by atoms with E-state index < -0.39 is 0 Å². The summed E-state index contributed by atoms with van der Waals surface area (Å²) in [6.45, 7) is 1.69.